The minimum Gasteiger partial charge on any atom is -0.495 e. The molecule has 0 amide bonds. The molecule has 5 nitrogen and oxygen atoms in total. The van der Waals surface area contributed by atoms with E-state index in [2.05, 4.69) is 21.2 Å². The zero-order valence-corrected chi connectivity index (χ0v) is 13.4. The molecule has 0 atom stereocenters. The van der Waals surface area contributed by atoms with Crippen LogP contribution in [0.1, 0.15) is 5.56 Å². The maximum Gasteiger partial charge on any atom is 0.274 e. The van der Waals surface area contributed by atoms with Crippen LogP contribution in [0.25, 0.3) is 0 Å². The van der Waals surface area contributed by atoms with Gasteiger partial charge in [-0.1, -0.05) is 11.6 Å². The van der Waals surface area contributed by atoms with E-state index in [0.29, 0.717) is 22.9 Å². The minimum atomic E-state index is -0.421. The van der Waals surface area contributed by atoms with Crippen LogP contribution in [0.4, 0.5) is 11.4 Å². The van der Waals surface area contributed by atoms with Crippen LogP contribution in [0.3, 0.4) is 0 Å². The number of nitrogens with one attached hydrogen (secondary N) is 1. The van der Waals surface area contributed by atoms with E-state index >= 15 is 0 Å². The molecule has 0 aliphatic carbocycles. The van der Waals surface area contributed by atoms with E-state index < -0.39 is 4.92 Å². The number of nitro benzene ring substituents is 1. The molecule has 0 fully saturated rings. The summed E-state index contributed by atoms with van der Waals surface area (Å²) in [5.41, 5.74) is 1.36. The third-order valence-electron chi connectivity index (χ3n) is 2.87. The van der Waals surface area contributed by atoms with E-state index in [4.69, 9.17) is 16.3 Å². The van der Waals surface area contributed by atoms with Gasteiger partial charge in [-0.2, -0.15) is 0 Å². The summed E-state index contributed by atoms with van der Waals surface area (Å²) < 4.78 is 6.04. The molecule has 7 heteroatoms. The number of rotatable bonds is 5. The first kappa shape index (κ1) is 15.6. The number of hydrogen-bond acceptors (Lipinski definition) is 4. The molecule has 0 aliphatic heterocycles. The Balaban J connectivity index is 2.20. The third kappa shape index (κ3) is 3.86. The van der Waals surface area contributed by atoms with Gasteiger partial charge in [-0.15, -0.1) is 0 Å². The van der Waals surface area contributed by atoms with Crippen molar-refractivity contribution in [1.29, 1.82) is 0 Å². The number of nitrogens with zero attached hydrogens (tertiary/aromatic N) is 1. The number of halogens is 2. The van der Waals surface area contributed by atoms with Crippen LogP contribution in [0.2, 0.25) is 5.02 Å². The summed E-state index contributed by atoms with van der Waals surface area (Å²) in [6.45, 7) is 0.293. The molecule has 1 N–H and O–H groups in total. The summed E-state index contributed by atoms with van der Waals surface area (Å²) in [6, 6.07) is 9.99. The van der Waals surface area contributed by atoms with Crippen molar-refractivity contribution in [2.75, 3.05) is 12.4 Å². The van der Waals surface area contributed by atoms with E-state index in [1.54, 1.807) is 19.2 Å². The highest BCUT2D eigenvalue weighted by Crippen LogP contribution is 2.29. The second-order valence-electron chi connectivity index (χ2n) is 4.23. The molecule has 2 aromatic carbocycles. The normalized spacial score (nSPS) is 10.2. The molecule has 0 saturated carbocycles. The molecule has 2 rings (SSSR count). The standard InChI is InChI=1S/C14H12BrClN2O3/c1-21-14-7-11(3-4-12(14)15)17-8-9-6-10(16)2-5-13(9)18(19)20/h2-7,17H,8H2,1H3. The highest BCUT2D eigenvalue weighted by Gasteiger charge is 2.13. The fraction of sp³-hybridized carbons (Fsp3) is 0.143. The number of ether oxygens (including phenoxy) is 1. The molecule has 0 spiro atoms. The molecular formula is C14H12BrClN2O3. The summed E-state index contributed by atoms with van der Waals surface area (Å²) >= 11 is 9.26. The van der Waals surface area contributed by atoms with Crippen LogP contribution in [-0.2, 0) is 6.54 Å². The van der Waals surface area contributed by atoms with Crippen molar-refractivity contribution >= 4 is 38.9 Å². The van der Waals surface area contributed by atoms with Gasteiger partial charge in [-0.3, -0.25) is 10.1 Å². The van der Waals surface area contributed by atoms with E-state index in [0.717, 1.165) is 10.2 Å². The van der Waals surface area contributed by atoms with Crippen molar-refractivity contribution < 1.29 is 9.66 Å². The van der Waals surface area contributed by atoms with Gasteiger partial charge in [0.2, 0.25) is 0 Å². The topological polar surface area (TPSA) is 64.4 Å². The smallest absolute Gasteiger partial charge is 0.274 e. The van der Waals surface area contributed by atoms with Crippen LogP contribution in [0.15, 0.2) is 40.9 Å². The fourth-order valence-corrected chi connectivity index (χ4v) is 2.44. The maximum absolute atomic E-state index is 11.0. The first-order valence-electron chi connectivity index (χ1n) is 6.01. The second-order valence-corrected chi connectivity index (χ2v) is 5.52. The molecule has 0 heterocycles. The SMILES string of the molecule is COc1cc(NCc2cc(Cl)ccc2[N+](=O)[O-])ccc1Br. The molecular weight excluding hydrogens is 360 g/mol. The van der Waals surface area contributed by atoms with Crippen molar-refractivity contribution in [3.63, 3.8) is 0 Å². The Kier molecular flexibility index (Phi) is 5.03. The van der Waals surface area contributed by atoms with Crippen molar-refractivity contribution in [1.82, 2.24) is 0 Å². The number of methoxy groups -OCH3 is 1. The third-order valence-corrected chi connectivity index (χ3v) is 3.76. The number of benzene rings is 2. The van der Waals surface area contributed by atoms with E-state index in [-0.39, 0.29) is 5.69 Å². The van der Waals surface area contributed by atoms with Gasteiger partial charge < -0.3 is 10.1 Å². The van der Waals surface area contributed by atoms with Crippen molar-refractivity contribution in [2.24, 2.45) is 0 Å². The molecule has 0 aliphatic rings. The maximum atomic E-state index is 11.0. The van der Waals surface area contributed by atoms with Gasteiger partial charge in [0.1, 0.15) is 5.75 Å². The Morgan fingerprint density at radius 1 is 1.33 bits per heavy atom. The zero-order valence-electron chi connectivity index (χ0n) is 11.1. The second kappa shape index (κ2) is 6.78. The van der Waals surface area contributed by atoms with Gasteiger partial charge in [0.15, 0.2) is 0 Å². The van der Waals surface area contributed by atoms with Crippen molar-refractivity contribution in [2.45, 2.75) is 6.54 Å². The molecule has 2 aromatic rings. The monoisotopic (exact) mass is 370 g/mol. The van der Waals surface area contributed by atoms with Gasteiger partial charge in [-0.05, 0) is 40.2 Å². The lowest BCUT2D eigenvalue weighted by Crippen LogP contribution is -2.03. The van der Waals surface area contributed by atoms with Gasteiger partial charge in [0.25, 0.3) is 5.69 Å². The predicted octanol–water partition coefficient (Wildman–Crippen LogP) is 4.63. The average molecular weight is 372 g/mol. The van der Waals surface area contributed by atoms with Gasteiger partial charge in [0, 0.05) is 29.4 Å². The Morgan fingerprint density at radius 3 is 2.76 bits per heavy atom. The van der Waals surface area contributed by atoms with E-state index in [1.807, 2.05) is 12.1 Å². The lowest BCUT2D eigenvalue weighted by atomic mass is 10.1. The number of nitro groups is 1. The van der Waals surface area contributed by atoms with Crippen molar-refractivity contribution in [3.8, 4) is 5.75 Å². The predicted molar refractivity (Wildman–Crippen MR) is 86.1 cm³/mol. The summed E-state index contributed by atoms with van der Waals surface area (Å²) in [5, 5.41) is 14.6. The molecule has 0 unspecified atom stereocenters. The summed E-state index contributed by atoms with van der Waals surface area (Å²) in [4.78, 5) is 10.6. The number of anilines is 1. The Morgan fingerprint density at radius 2 is 2.10 bits per heavy atom. The summed E-state index contributed by atoms with van der Waals surface area (Å²) in [7, 11) is 1.58. The highest BCUT2D eigenvalue weighted by atomic mass is 79.9. The molecule has 110 valence electrons. The lowest BCUT2D eigenvalue weighted by Gasteiger charge is -2.10. The Hall–Kier alpha value is -1.79. The van der Waals surface area contributed by atoms with Crippen LogP contribution in [-0.4, -0.2) is 12.0 Å². The van der Waals surface area contributed by atoms with Gasteiger partial charge in [0.05, 0.1) is 22.1 Å². The molecule has 0 saturated heterocycles. The molecule has 0 radical (unpaired) electrons. The summed E-state index contributed by atoms with van der Waals surface area (Å²) in [5.74, 6) is 0.681. The Bertz CT molecular complexity index is 679. The molecule has 0 aromatic heterocycles. The van der Waals surface area contributed by atoms with Gasteiger partial charge >= 0.3 is 0 Å². The van der Waals surface area contributed by atoms with Crippen LogP contribution in [0, 0.1) is 10.1 Å². The largest absolute Gasteiger partial charge is 0.495 e. The number of hydrogen-bond donors (Lipinski definition) is 1. The molecule has 21 heavy (non-hydrogen) atoms. The lowest BCUT2D eigenvalue weighted by molar-refractivity contribution is -0.385. The average Bonchev–Trinajstić information content (AvgIpc) is 2.46. The zero-order chi connectivity index (χ0) is 15.4. The van der Waals surface area contributed by atoms with Crippen LogP contribution in [0.5, 0.6) is 5.75 Å². The van der Waals surface area contributed by atoms with Crippen molar-refractivity contribution in [3.05, 3.63) is 61.6 Å². The van der Waals surface area contributed by atoms with E-state index in [1.165, 1.54) is 12.1 Å². The van der Waals surface area contributed by atoms with Gasteiger partial charge in [-0.25, -0.2) is 0 Å². The van der Waals surface area contributed by atoms with Crippen LogP contribution < -0.4 is 10.1 Å². The summed E-state index contributed by atoms with van der Waals surface area (Å²) in [6.07, 6.45) is 0. The minimum absolute atomic E-state index is 0.0379. The molecule has 0 bridgehead atoms. The quantitative estimate of drug-likeness (QED) is 0.614. The Labute approximate surface area is 135 Å². The highest BCUT2D eigenvalue weighted by molar-refractivity contribution is 9.10. The van der Waals surface area contributed by atoms with Crippen LogP contribution >= 0.6 is 27.5 Å². The fourth-order valence-electron chi connectivity index (χ4n) is 1.84. The first-order valence-corrected chi connectivity index (χ1v) is 7.18. The van der Waals surface area contributed by atoms with E-state index in [9.17, 15) is 10.1 Å². The first-order chi connectivity index (χ1) is 10.0.